The quantitative estimate of drug-likeness (QED) is 0.593. The van der Waals surface area contributed by atoms with Crippen LogP contribution in [0.25, 0.3) is 0 Å². The number of fused-ring (bicyclic) bond motifs is 5. The van der Waals surface area contributed by atoms with E-state index in [1.54, 1.807) is 12.2 Å². The van der Waals surface area contributed by atoms with E-state index in [-0.39, 0.29) is 12.2 Å². The summed E-state index contributed by atoms with van der Waals surface area (Å²) in [6.45, 7) is 0. The topological polar surface area (TPSA) is 88.6 Å². The lowest BCUT2D eigenvalue weighted by Crippen LogP contribution is -2.47. The monoisotopic (exact) mass is 285 g/mol. The Kier molecular flexibility index (Phi) is 2.46. The highest BCUT2D eigenvalue weighted by Gasteiger charge is 2.61. The summed E-state index contributed by atoms with van der Waals surface area (Å²) >= 11 is 0. The standard InChI is InChI=1S/C14H11N3O4/c18-12(7-3-5-15-6-4-7)16-17-13(19)10-8-1-2-9(21-8)11(10)14(17)20/h1-6,8-11H,(H,16,18)/t8-,9-,10-,11+/m0/s1. The fraction of sp³-hybridized carbons (Fsp3) is 0.286. The predicted molar refractivity (Wildman–Crippen MR) is 68.3 cm³/mol. The molecule has 3 amide bonds. The van der Waals surface area contributed by atoms with Gasteiger partial charge in [0.2, 0.25) is 0 Å². The number of carbonyl (C=O) groups is 3. The second-order valence-corrected chi connectivity index (χ2v) is 5.19. The van der Waals surface area contributed by atoms with E-state index >= 15 is 0 Å². The summed E-state index contributed by atoms with van der Waals surface area (Å²) in [5, 5.41) is 0.827. The van der Waals surface area contributed by atoms with Crippen molar-refractivity contribution in [2.45, 2.75) is 12.2 Å². The Bertz CT molecular complexity index is 642. The number of nitrogens with one attached hydrogen (secondary N) is 1. The molecule has 1 N–H and O–H groups in total. The Hall–Kier alpha value is -2.54. The molecule has 4 atom stereocenters. The van der Waals surface area contributed by atoms with Crippen molar-refractivity contribution in [3.05, 3.63) is 42.2 Å². The normalized spacial score (nSPS) is 32.7. The maximum Gasteiger partial charge on any atom is 0.270 e. The zero-order valence-corrected chi connectivity index (χ0v) is 10.8. The molecular weight excluding hydrogens is 274 g/mol. The van der Waals surface area contributed by atoms with Gasteiger partial charge in [0.25, 0.3) is 17.7 Å². The molecule has 7 nitrogen and oxygen atoms in total. The van der Waals surface area contributed by atoms with Crippen molar-refractivity contribution in [3.8, 4) is 0 Å². The summed E-state index contributed by atoms with van der Waals surface area (Å²) in [4.78, 5) is 40.5. The minimum atomic E-state index is -0.523. The molecule has 2 bridgehead atoms. The lowest BCUT2D eigenvalue weighted by Gasteiger charge is -2.18. The SMILES string of the molecule is O=C(NN1C(=O)[C@@H]2[C@H](C1=O)[C@@H]1C=C[C@@H]2O1)c1ccncc1. The van der Waals surface area contributed by atoms with Gasteiger partial charge in [-0.1, -0.05) is 12.2 Å². The number of nitrogens with zero attached hydrogens (tertiary/aromatic N) is 2. The third kappa shape index (κ3) is 1.64. The molecule has 4 rings (SSSR count). The number of ether oxygens (including phenoxy) is 1. The van der Waals surface area contributed by atoms with E-state index in [0.717, 1.165) is 5.01 Å². The molecule has 1 aromatic rings. The van der Waals surface area contributed by atoms with Crippen LogP contribution in [0.4, 0.5) is 0 Å². The van der Waals surface area contributed by atoms with Crippen molar-refractivity contribution in [1.29, 1.82) is 0 Å². The first kappa shape index (κ1) is 12.2. The molecule has 3 aliphatic heterocycles. The van der Waals surface area contributed by atoms with Crippen LogP contribution in [0.1, 0.15) is 10.4 Å². The molecular formula is C14H11N3O4. The number of carbonyl (C=O) groups excluding carboxylic acids is 3. The van der Waals surface area contributed by atoms with Gasteiger partial charge in [-0.05, 0) is 12.1 Å². The number of hydrogen-bond donors (Lipinski definition) is 1. The summed E-state index contributed by atoms with van der Waals surface area (Å²) < 4.78 is 5.52. The van der Waals surface area contributed by atoms with Crippen LogP contribution in [-0.2, 0) is 14.3 Å². The molecule has 3 aliphatic rings. The molecule has 2 fully saturated rings. The molecule has 2 saturated heterocycles. The average molecular weight is 285 g/mol. The molecule has 0 spiro atoms. The minimum Gasteiger partial charge on any atom is -0.365 e. The zero-order valence-electron chi connectivity index (χ0n) is 10.8. The highest BCUT2D eigenvalue weighted by Crippen LogP contribution is 2.44. The third-order valence-electron chi connectivity index (χ3n) is 4.07. The number of pyridine rings is 1. The van der Waals surface area contributed by atoms with Gasteiger partial charge in [0.1, 0.15) is 0 Å². The fourth-order valence-corrected chi connectivity index (χ4v) is 3.08. The first-order valence-electron chi connectivity index (χ1n) is 6.59. The summed E-state index contributed by atoms with van der Waals surface area (Å²) in [7, 11) is 0. The highest BCUT2D eigenvalue weighted by atomic mass is 16.5. The van der Waals surface area contributed by atoms with Gasteiger partial charge >= 0.3 is 0 Å². The van der Waals surface area contributed by atoms with Gasteiger partial charge in [-0.25, -0.2) is 0 Å². The van der Waals surface area contributed by atoms with Gasteiger partial charge in [-0.3, -0.25) is 24.8 Å². The number of rotatable bonds is 2. The van der Waals surface area contributed by atoms with E-state index < -0.39 is 29.6 Å². The third-order valence-corrected chi connectivity index (χ3v) is 4.07. The van der Waals surface area contributed by atoms with Crippen LogP contribution in [0.3, 0.4) is 0 Å². The van der Waals surface area contributed by atoms with Crippen molar-refractivity contribution in [1.82, 2.24) is 15.4 Å². The van der Waals surface area contributed by atoms with E-state index in [2.05, 4.69) is 10.4 Å². The summed E-state index contributed by atoms with van der Waals surface area (Å²) in [5.41, 5.74) is 2.71. The van der Waals surface area contributed by atoms with Crippen LogP contribution in [0.2, 0.25) is 0 Å². The lowest BCUT2D eigenvalue weighted by molar-refractivity contribution is -0.145. The van der Waals surface area contributed by atoms with Crippen LogP contribution < -0.4 is 5.43 Å². The van der Waals surface area contributed by atoms with Crippen molar-refractivity contribution in [2.75, 3.05) is 0 Å². The van der Waals surface area contributed by atoms with E-state index in [9.17, 15) is 14.4 Å². The average Bonchev–Trinajstić information content (AvgIpc) is 3.18. The van der Waals surface area contributed by atoms with Crippen LogP contribution >= 0.6 is 0 Å². The lowest BCUT2D eigenvalue weighted by atomic mass is 9.85. The Morgan fingerprint density at radius 2 is 1.67 bits per heavy atom. The van der Waals surface area contributed by atoms with Gasteiger partial charge in [0.05, 0.1) is 24.0 Å². The highest BCUT2D eigenvalue weighted by molar-refractivity contribution is 6.09. The van der Waals surface area contributed by atoms with Crippen molar-refractivity contribution in [3.63, 3.8) is 0 Å². The second kappa shape index (κ2) is 4.23. The van der Waals surface area contributed by atoms with Crippen molar-refractivity contribution >= 4 is 17.7 Å². The van der Waals surface area contributed by atoms with E-state index in [1.807, 2.05) is 0 Å². The van der Waals surface area contributed by atoms with E-state index in [1.165, 1.54) is 24.5 Å². The molecule has 0 aliphatic carbocycles. The first-order chi connectivity index (χ1) is 10.2. The second-order valence-electron chi connectivity index (χ2n) is 5.19. The number of imide groups is 1. The first-order valence-corrected chi connectivity index (χ1v) is 6.59. The molecule has 4 heterocycles. The number of amides is 3. The molecule has 106 valence electrons. The smallest absolute Gasteiger partial charge is 0.270 e. The zero-order chi connectivity index (χ0) is 14.6. The van der Waals surface area contributed by atoms with Crippen molar-refractivity contribution < 1.29 is 19.1 Å². The van der Waals surface area contributed by atoms with Crippen LogP contribution in [0, 0.1) is 11.8 Å². The number of hydrogen-bond acceptors (Lipinski definition) is 5. The van der Waals surface area contributed by atoms with Crippen LogP contribution in [0.15, 0.2) is 36.7 Å². The van der Waals surface area contributed by atoms with Crippen LogP contribution in [0.5, 0.6) is 0 Å². The number of hydrazine groups is 1. The van der Waals surface area contributed by atoms with E-state index in [4.69, 9.17) is 4.74 Å². The maximum atomic E-state index is 12.3. The van der Waals surface area contributed by atoms with Gasteiger partial charge in [-0.2, -0.15) is 5.01 Å². The van der Waals surface area contributed by atoms with Gasteiger partial charge in [-0.15, -0.1) is 0 Å². The maximum absolute atomic E-state index is 12.3. The molecule has 0 radical (unpaired) electrons. The molecule has 0 unspecified atom stereocenters. The Labute approximate surface area is 119 Å². The van der Waals surface area contributed by atoms with E-state index in [0.29, 0.717) is 5.56 Å². The summed E-state index contributed by atoms with van der Waals surface area (Å²) in [5.74, 6) is -2.38. The Morgan fingerprint density at radius 1 is 1.10 bits per heavy atom. The Morgan fingerprint density at radius 3 is 2.24 bits per heavy atom. The largest absolute Gasteiger partial charge is 0.365 e. The molecule has 1 aromatic heterocycles. The number of aromatic nitrogens is 1. The Balaban J connectivity index is 1.56. The fourth-order valence-electron chi connectivity index (χ4n) is 3.08. The summed E-state index contributed by atoms with van der Waals surface area (Å²) in [6.07, 6.45) is 5.81. The molecule has 7 heteroatoms. The molecule has 0 saturated carbocycles. The predicted octanol–water partition coefficient (Wildman–Crippen LogP) is -0.335. The van der Waals surface area contributed by atoms with Gasteiger partial charge in [0.15, 0.2) is 0 Å². The van der Waals surface area contributed by atoms with Crippen molar-refractivity contribution in [2.24, 2.45) is 11.8 Å². The van der Waals surface area contributed by atoms with Crippen LogP contribution in [-0.4, -0.2) is 39.9 Å². The molecule has 0 aromatic carbocycles. The van der Waals surface area contributed by atoms with Gasteiger partial charge < -0.3 is 4.74 Å². The summed E-state index contributed by atoms with van der Waals surface area (Å²) in [6, 6.07) is 3.02. The molecule has 21 heavy (non-hydrogen) atoms. The minimum absolute atomic E-state index is 0.333. The van der Waals surface area contributed by atoms with Gasteiger partial charge in [0, 0.05) is 18.0 Å².